The lowest BCUT2D eigenvalue weighted by Crippen LogP contribution is -2.59. The van der Waals surface area contributed by atoms with E-state index in [0.717, 1.165) is 18.4 Å². The predicted octanol–water partition coefficient (Wildman–Crippen LogP) is 3.79. The molecule has 1 saturated heterocycles. The number of amides is 4. The fourth-order valence-electron chi connectivity index (χ4n) is 5.57. The highest BCUT2D eigenvalue weighted by Crippen LogP contribution is 2.32. The zero-order valence-electron chi connectivity index (χ0n) is 27.6. The quantitative estimate of drug-likeness (QED) is 0.205. The van der Waals surface area contributed by atoms with Crippen LogP contribution in [-0.4, -0.2) is 66.0 Å². The van der Waals surface area contributed by atoms with Crippen LogP contribution < -0.4 is 21.3 Å². The van der Waals surface area contributed by atoms with Crippen LogP contribution >= 0.6 is 0 Å². The van der Waals surface area contributed by atoms with E-state index in [1.54, 1.807) is 6.92 Å². The highest BCUT2D eigenvalue weighted by molar-refractivity contribution is 5.92. The van der Waals surface area contributed by atoms with E-state index in [1.807, 2.05) is 65.0 Å². The number of benzene rings is 1. The van der Waals surface area contributed by atoms with Crippen LogP contribution in [0.25, 0.3) is 0 Å². The van der Waals surface area contributed by atoms with Crippen LogP contribution in [0.4, 0.5) is 4.79 Å². The Kier molecular flexibility index (Phi) is 13.4. The maximum atomic E-state index is 13.7. The molecule has 1 saturated carbocycles. The molecule has 5 atom stereocenters. The van der Waals surface area contributed by atoms with Crippen LogP contribution in [0.2, 0.25) is 0 Å². The lowest BCUT2D eigenvalue weighted by molar-refractivity contribution is -0.135. The Balaban J connectivity index is 1.71. The monoisotopic (exact) mass is 628 g/mol. The molecule has 0 unspecified atom stereocenters. The summed E-state index contributed by atoms with van der Waals surface area (Å²) in [6, 6.07) is 6.73. The summed E-state index contributed by atoms with van der Waals surface area (Å²) >= 11 is 0. The van der Waals surface area contributed by atoms with Gasteiger partial charge >= 0.3 is 6.09 Å². The Bertz CT molecular complexity index is 1160. The number of Topliss-reactive ketones (excluding diaryl/α,β-unsaturated/α-hetero) is 1. The standard InChI is InChI=1S/C34H52N4O7/c1-21(2)18-27(31(41)36-26(14-15-28(39)24-12-13-24)19-25-16-17-35-30(25)40)37-32(42)29(22(3)45-34(4,5)6)38-33(43)44-20-23-10-8-7-9-11-23/h7-11,21-22,24-27,29H,12-20H2,1-6H3,(H,35,40)(H,36,41)(H,37,42)(H,38,43)/t22-,25+,26-,27+,29+/m1/s1. The van der Waals surface area contributed by atoms with Crippen LogP contribution in [0.1, 0.15) is 92.1 Å². The molecule has 250 valence electrons. The summed E-state index contributed by atoms with van der Waals surface area (Å²) in [5.41, 5.74) is 0.185. The van der Waals surface area contributed by atoms with E-state index >= 15 is 0 Å². The summed E-state index contributed by atoms with van der Waals surface area (Å²) in [5, 5.41) is 11.4. The van der Waals surface area contributed by atoms with Gasteiger partial charge in [-0.25, -0.2) is 4.79 Å². The Labute approximate surface area is 267 Å². The topological polar surface area (TPSA) is 152 Å². The third-order valence-electron chi connectivity index (χ3n) is 7.97. The summed E-state index contributed by atoms with van der Waals surface area (Å²) in [5.74, 6) is -0.898. The van der Waals surface area contributed by atoms with E-state index in [4.69, 9.17) is 9.47 Å². The number of hydrogen-bond acceptors (Lipinski definition) is 7. The smallest absolute Gasteiger partial charge is 0.408 e. The number of carbonyl (C=O) groups excluding carboxylic acids is 5. The predicted molar refractivity (Wildman–Crippen MR) is 170 cm³/mol. The van der Waals surface area contributed by atoms with Gasteiger partial charge in [-0.2, -0.15) is 0 Å². The summed E-state index contributed by atoms with van der Waals surface area (Å²) in [6.07, 6.45) is 2.49. The summed E-state index contributed by atoms with van der Waals surface area (Å²) in [6.45, 7) is 11.7. The van der Waals surface area contributed by atoms with Crippen molar-refractivity contribution in [3.8, 4) is 0 Å². The molecule has 11 heteroatoms. The summed E-state index contributed by atoms with van der Waals surface area (Å²) in [4.78, 5) is 65.1. The molecule has 0 radical (unpaired) electrons. The lowest BCUT2D eigenvalue weighted by atomic mass is 9.93. The van der Waals surface area contributed by atoms with E-state index in [9.17, 15) is 24.0 Å². The second-order valence-corrected chi connectivity index (χ2v) is 13.8. The molecular weight excluding hydrogens is 576 g/mol. The van der Waals surface area contributed by atoms with Crippen molar-refractivity contribution >= 4 is 29.6 Å². The summed E-state index contributed by atoms with van der Waals surface area (Å²) < 4.78 is 11.4. The molecule has 0 aromatic heterocycles. The zero-order chi connectivity index (χ0) is 33.1. The molecule has 11 nitrogen and oxygen atoms in total. The fraction of sp³-hybridized carbons (Fsp3) is 0.676. The molecule has 0 bridgehead atoms. The first-order valence-electron chi connectivity index (χ1n) is 16.3. The number of rotatable bonds is 17. The van der Waals surface area contributed by atoms with Gasteiger partial charge < -0.3 is 30.7 Å². The van der Waals surface area contributed by atoms with Crippen molar-refractivity contribution in [1.82, 2.24) is 21.3 Å². The van der Waals surface area contributed by atoms with Crippen LogP contribution in [0.15, 0.2) is 30.3 Å². The highest BCUT2D eigenvalue weighted by Gasteiger charge is 2.36. The molecule has 1 heterocycles. The average molecular weight is 629 g/mol. The van der Waals surface area contributed by atoms with Crippen molar-refractivity contribution in [2.24, 2.45) is 17.8 Å². The fourth-order valence-corrected chi connectivity index (χ4v) is 5.57. The van der Waals surface area contributed by atoms with Gasteiger partial charge in [0.1, 0.15) is 24.5 Å². The second kappa shape index (κ2) is 16.7. The van der Waals surface area contributed by atoms with Gasteiger partial charge in [0.15, 0.2) is 0 Å². The molecule has 1 aliphatic heterocycles. The molecule has 1 aromatic carbocycles. The first-order valence-corrected chi connectivity index (χ1v) is 16.3. The van der Waals surface area contributed by atoms with E-state index in [0.29, 0.717) is 38.6 Å². The van der Waals surface area contributed by atoms with E-state index < -0.39 is 47.7 Å². The van der Waals surface area contributed by atoms with Crippen molar-refractivity contribution in [2.45, 2.75) is 123 Å². The van der Waals surface area contributed by atoms with E-state index in [1.165, 1.54) is 0 Å². The van der Waals surface area contributed by atoms with Gasteiger partial charge in [0.05, 0.1) is 11.7 Å². The van der Waals surface area contributed by atoms with Crippen LogP contribution in [0.3, 0.4) is 0 Å². The van der Waals surface area contributed by atoms with Gasteiger partial charge in [-0.15, -0.1) is 0 Å². The Morgan fingerprint density at radius 2 is 1.64 bits per heavy atom. The number of hydrogen-bond donors (Lipinski definition) is 4. The minimum Gasteiger partial charge on any atom is -0.445 e. The molecule has 1 aromatic rings. The van der Waals surface area contributed by atoms with Crippen molar-refractivity contribution in [2.75, 3.05) is 6.54 Å². The third kappa shape index (κ3) is 12.8. The van der Waals surface area contributed by atoms with E-state index in [2.05, 4.69) is 21.3 Å². The van der Waals surface area contributed by atoms with Gasteiger partial charge in [-0.1, -0.05) is 44.2 Å². The number of nitrogens with one attached hydrogen (secondary N) is 4. The second-order valence-electron chi connectivity index (χ2n) is 13.8. The van der Waals surface area contributed by atoms with Crippen molar-refractivity contribution < 1.29 is 33.4 Å². The average Bonchev–Trinajstić information content (AvgIpc) is 3.74. The number of ether oxygens (including phenoxy) is 2. The van der Waals surface area contributed by atoms with Crippen molar-refractivity contribution in [1.29, 1.82) is 0 Å². The van der Waals surface area contributed by atoms with Gasteiger partial charge in [-0.05, 0) is 77.7 Å². The van der Waals surface area contributed by atoms with Crippen LogP contribution in [-0.2, 0) is 35.3 Å². The molecule has 4 amide bonds. The third-order valence-corrected chi connectivity index (χ3v) is 7.97. The maximum Gasteiger partial charge on any atom is 0.408 e. The Morgan fingerprint density at radius 3 is 2.22 bits per heavy atom. The Hall–Kier alpha value is -3.47. The van der Waals surface area contributed by atoms with Crippen molar-refractivity contribution in [3.05, 3.63) is 35.9 Å². The molecular formula is C34H52N4O7. The molecule has 45 heavy (non-hydrogen) atoms. The number of carbonyl (C=O) groups is 5. The Morgan fingerprint density at radius 1 is 0.956 bits per heavy atom. The highest BCUT2D eigenvalue weighted by atomic mass is 16.6. The molecule has 2 fully saturated rings. The maximum absolute atomic E-state index is 13.7. The first kappa shape index (κ1) is 36.0. The van der Waals surface area contributed by atoms with Gasteiger partial charge in [-0.3, -0.25) is 19.2 Å². The summed E-state index contributed by atoms with van der Waals surface area (Å²) in [7, 11) is 0. The van der Waals surface area contributed by atoms with Gasteiger partial charge in [0.25, 0.3) is 0 Å². The SMILES string of the molecule is CC(C)C[C@H](NC(=O)[C@@H](NC(=O)OCc1ccccc1)[C@@H](C)OC(C)(C)C)C(=O)N[C@H](CCC(=O)C1CC1)C[C@@H]1CCNC1=O. The number of ketones is 1. The number of alkyl carbamates (subject to hydrolysis) is 1. The minimum atomic E-state index is -1.15. The first-order chi connectivity index (χ1) is 21.2. The largest absolute Gasteiger partial charge is 0.445 e. The zero-order valence-corrected chi connectivity index (χ0v) is 27.6. The normalized spacial score (nSPS) is 19.2. The molecule has 0 spiro atoms. The lowest BCUT2D eigenvalue weighted by Gasteiger charge is -2.32. The van der Waals surface area contributed by atoms with E-state index in [-0.39, 0.29) is 36.1 Å². The molecule has 1 aliphatic carbocycles. The van der Waals surface area contributed by atoms with Crippen LogP contribution in [0.5, 0.6) is 0 Å². The van der Waals surface area contributed by atoms with Gasteiger partial charge in [0.2, 0.25) is 17.7 Å². The molecule has 3 rings (SSSR count). The molecule has 4 N–H and O–H groups in total. The van der Waals surface area contributed by atoms with Crippen molar-refractivity contribution in [3.63, 3.8) is 0 Å². The molecule has 2 aliphatic rings. The minimum absolute atomic E-state index is 0.0254. The van der Waals surface area contributed by atoms with Crippen LogP contribution in [0, 0.1) is 17.8 Å². The van der Waals surface area contributed by atoms with Gasteiger partial charge in [0, 0.05) is 30.8 Å².